The van der Waals surface area contributed by atoms with Crippen LogP contribution < -0.4 is 4.90 Å². The minimum Gasteiger partial charge on any atom is -0.507 e. The summed E-state index contributed by atoms with van der Waals surface area (Å²) >= 11 is 0. The Morgan fingerprint density at radius 3 is 1.82 bits per heavy atom. The standard InChI is InChI=1S/C31H26N2O/c34-30-19-11-10-14-27(30)24-32-31(22-20-26(21-23-31)25-12-4-1-5-13-25)33(28-15-6-2-7-16-28)29-17-8-3-9-18-29/h1-22,24,34H,23H2. The van der Waals surface area contributed by atoms with Crippen molar-refractivity contribution in [2.75, 3.05) is 4.90 Å². The maximum atomic E-state index is 10.4. The van der Waals surface area contributed by atoms with Crippen molar-refractivity contribution in [3.05, 3.63) is 145 Å². The van der Waals surface area contributed by atoms with Crippen LogP contribution in [0.3, 0.4) is 0 Å². The van der Waals surface area contributed by atoms with E-state index in [4.69, 9.17) is 4.99 Å². The molecule has 0 aromatic heterocycles. The Morgan fingerprint density at radius 1 is 0.706 bits per heavy atom. The molecule has 1 N–H and O–H groups in total. The number of para-hydroxylation sites is 3. The number of hydrogen-bond donors (Lipinski definition) is 1. The van der Waals surface area contributed by atoms with E-state index in [-0.39, 0.29) is 5.75 Å². The number of rotatable bonds is 6. The van der Waals surface area contributed by atoms with Gasteiger partial charge in [-0.3, -0.25) is 4.99 Å². The lowest BCUT2D eigenvalue weighted by atomic mass is 9.91. The second kappa shape index (κ2) is 9.63. The maximum absolute atomic E-state index is 10.4. The van der Waals surface area contributed by atoms with Crippen LogP contribution in [-0.4, -0.2) is 17.0 Å². The number of phenolic OH excluding ortho intramolecular Hbond substituents is 1. The summed E-state index contributed by atoms with van der Waals surface area (Å²) < 4.78 is 0. The van der Waals surface area contributed by atoms with Crippen LogP contribution >= 0.6 is 0 Å². The fourth-order valence-electron chi connectivity index (χ4n) is 4.31. The molecule has 0 saturated heterocycles. The summed E-state index contributed by atoms with van der Waals surface area (Å²) in [7, 11) is 0. The highest BCUT2D eigenvalue weighted by atomic mass is 16.3. The molecule has 0 saturated carbocycles. The van der Waals surface area contributed by atoms with E-state index in [1.807, 2.05) is 60.7 Å². The molecule has 34 heavy (non-hydrogen) atoms. The van der Waals surface area contributed by atoms with Crippen molar-refractivity contribution in [3.63, 3.8) is 0 Å². The normalized spacial score (nSPS) is 17.5. The smallest absolute Gasteiger partial charge is 0.159 e. The molecule has 0 aliphatic heterocycles. The van der Waals surface area contributed by atoms with E-state index in [0.717, 1.165) is 11.4 Å². The molecule has 0 bridgehead atoms. The van der Waals surface area contributed by atoms with Crippen LogP contribution in [0.5, 0.6) is 5.75 Å². The van der Waals surface area contributed by atoms with Gasteiger partial charge >= 0.3 is 0 Å². The molecule has 166 valence electrons. The number of benzene rings is 4. The van der Waals surface area contributed by atoms with Gasteiger partial charge in [-0.15, -0.1) is 0 Å². The van der Waals surface area contributed by atoms with Gasteiger partial charge in [0.1, 0.15) is 5.75 Å². The average molecular weight is 443 g/mol. The van der Waals surface area contributed by atoms with Crippen LogP contribution in [0, 0.1) is 0 Å². The Hall–Kier alpha value is -4.37. The highest BCUT2D eigenvalue weighted by molar-refractivity contribution is 5.85. The van der Waals surface area contributed by atoms with Crippen LogP contribution in [0.4, 0.5) is 11.4 Å². The van der Waals surface area contributed by atoms with Crippen LogP contribution in [0.1, 0.15) is 17.5 Å². The first-order valence-electron chi connectivity index (χ1n) is 11.4. The van der Waals surface area contributed by atoms with Gasteiger partial charge in [0, 0.05) is 29.6 Å². The maximum Gasteiger partial charge on any atom is 0.159 e. The lowest BCUT2D eigenvalue weighted by molar-refractivity contribution is 0.474. The van der Waals surface area contributed by atoms with E-state index in [1.165, 1.54) is 11.1 Å². The molecule has 3 heteroatoms. The number of aromatic hydroxyl groups is 1. The molecule has 1 aliphatic rings. The van der Waals surface area contributed by atoms with Crippen molar-refractivity contribution in [1.82, 2.24) is 0 Å². The molecular formula is C31H26N2O. The fourth-order valence-corrected chi connectivity index (χ4v) is 4.31. The zero-order valence-corrected chi connectivity index (χ0v) is 18.8. The van der Waals surface area contributed by atoms with Gasteiger partial charge in [0.2, 0.25) is 0 Å². The molecule has 1 aliphatic carbocycles. The summed E-state index contributed by atoms with van der Waals surface area (Å²) in [6.45, 7) is 0. The Balaban J connectivity index is 1.64. The number of phenols is 1. The average Bonchev–Trinajstić information content (AvgIpc) is 2.91. The molecule has 0 fully saturated rings. The van der Waals surface area contributed by atoms with Crippen molar-refractivity contribution in [2.24, 2.45) is 4.99 Å². The van der Waals surface area contributed by atoms with Crippen molar-refractivity contribution >= 4 is 23.2 Å². The Labute approximate surface area is 200 Å². The minimum atomic E-state index is -0.705. The van der Waals surface area contributed by atoms with Crippen LogP contribution in [-0.2, 0) is 0 Å². The van der Waals surface area contributed by atoms with Gasteiger partial charge in [-0.25, -0.2) is 0 Å². The molecule has 0 amide bonds. The summed E-state index contributed by atoms with van der Waals surface area (Å²) in [5.74, 6) is 0.215. The molecule has 1 unspecified atom stereocenters. The molecular weight excluding hydrogens is 416 g/mol. The second-order valence-electron chi connectivity index (χ2n) is 8.27. The Bertz CT molecular complexity index is 1290. The van der Waals surface area contributed by atoms with Crippen molar-refractivity contribution < 1.29 is 5.11 Å². The summed E-state index contributed by atoms with van der Waals surface area (Å²) in [5, 5.41) is 10.4. The lowest BCUT2D eigenvalue weighted by Gasteiger charge is -2.42. The van der Waals surface area contributed by atoms with Gasteiger partial charge in [0.25, 0.3) is 0 Å². The number of nitrogens with zero attached hydrogens (tertiary/aromatic N) is 2. The van der Waals surface area contributed by atoms with E-state index in [2.05, 4.69) is 71.7 Å². The van der Waals surface area contributed by atoms with Gasteiger partial charge in [0.05, 0.1) is 0 Å². The predicted octanol–water partition coefficient (Wildman–Crippen LogP) is 7.39. The van der Waals surface area contributed by atoms with Crippen molar-refractivity contribution in [1.29, 1.82) is 0 Å². The molecule has 0 heterocycles. The van der Waals surface area contributed by atoms with Crippen LogP contribution in [0.2, 0.25) is 0 Å². The van der Waals surface area contributed by atoms with E-state index >= 15 is 0 Å². The predicted molar refractivity (Wildman–Crippen MR) is 142 cm³/mol. The van der Waals surface area contributed by atoms with Gasteiger partial charge in [0.15, 0.2) is 5.66 Å². The minimum absolute atomic E-state index is 0.215. The SMILES string of the molecule is Oc1ccccc1C=NC1(N(c2ccccc2)c2ccccc2)C=CC(c2ccccc2)=CC1. The number of anilines is 2. The van der Waals surface area contributed by atoms with Gasteiger partial charge in [-0.1, -0.05) is 91.0 Å². The van der Waals surface area contributed by atoms with Crippen molar-refractivity contribution in [2.45, 2.75) is 12.1 Å². The molecule has 0 radical (unpaired) electrons. The Kier molecular flexibility index (Phi) is 6.09. The number of hydrogen-bond acceptors (Lipinski definition) is 3. The molecule has 1 atom stereocenters. The van der Waals surface area contributed by atoms with Crippen LogP contribution in [0.15, 0.2) is 138 Å². The second-order valence-corrected chi connectivity index (χ2v) is 8.27. The zero-order valence-electron chi connectivity index (χ0n) is 18.8. The monoisotopic (exact) mass is 442 g/mol. The molecule has 4 aromatic carbocycles. The largest absolute Gasteiger partial charge is 0.507 e. The third kappa shape index (κ3) is 4.41. The summed E-state index contributed by atoms with van der Waals surface area (Å²) in [5.41, 5.74) is 4.43. The summed E-state index contributed by atoms with van der Waals surface area (Å²) in [6, 6.07) is 38.3. The first-order chi connectivity index (χ1) is 16.8. The highest BCUT2D eigenvalue weighted by Gasteiger charge is 2.36. The third-order valence-corrected chi connectivity index (χ3v) is 6.04. The topological polar surface area (TPSA) is 35.8 Å². The van der Waals surface area contributed by atoms with Gasteiger partial charge in [-0.2, -0.15) is 0 Å². The van der Waals surface area contributed by atoms with E-state index in [9.17, 15) is 5.11 Å². The molecule has 5 rings (SSSR count). The first-order valence-corrected chi connectivity index (χ1v) is 11.4. The van der Waals surface area contributed by atoms with E-state index in [1.54, 1.807) is 12.3 Å². The quantitative estimate of drug-likeness (QED) is 0.316. The first kappa shape index (κ1) is 21.5. The van der Waals surface area contributed by atoms with Gasteiger partial charge in [-0.05, 0) is 53.6 Å². The Morgan fingerprint density at radius 2 is 1.26 bits per heavy atom. The van der Waals surface area contributed by atoms with E-state index in [0.29, 0.717) is 12.0 Å². The molecule has 0 spiro atoms. The van der Waals surface area contributed by atoms with Crippen molar-refractivity contribution in [3.8, 4) is 5.75 Å². The van der Waals surface area contributed by atoms with E-state index < -0.39 is 5.66 Å². The lowest BCUT2D eigenvalue weighted by Crippen LogP contribution is -2.43. The van der Waals surface area contributed by atoms with Gasteiger partial charge < -0.3 is 10.0 Å². The number of allylic oxidation sites excluding steroid dienone is 2. The zero-order chi connectivity index (χ0) is 23.2. The molecule has 4 aromatic rings. The highest BCUT2D eigenvalue weighted by Crippen LogP contribution is 2.41. The van der Waals surface area contributed by atoms with Crippen LogP contribution in [0.25, 0.3) is 5.57 Å². The number of aliphatic imine (C=N–C) groups is 1. The summed E-state index contributed by atoms with van der Waals surface area (Å²) in [4.78, 5) is 7.40. The fraction of sp³-hybridized carbons (Fsp3) is 0.0645. The molecule has 3 nitrogen and oxygen atoms in total. The third-order valence-electron chi connectivity index (χ3n) is 6.04. The summed E-state index contributed by atoms with van der Waals surface area (Å²) in [6.07, 6.45) is 9.02.